The highest BCUT2D eigenvalue weighted by molar-refractivity contribution is 6.35. The summed E-state index contributed by atoms with van der Waals surface area (Å²) in [5.74, 6) is -0.580. The van der Waals surface area contributed by atoms with E-state index in [1.807, 2.05) is 0 Å². The van der Waals surface area contributed by atoms with Gasteiger partial charge in [-0.3, -0.25) is 9.59 Å². The molecule has 3 amide bonds. The smallest absolute Gasteiger partial charge is 0.435 e. The van der Waals surface area contributed by atoms with E-state index in [-0.39, 0.29) is 66.5 Å². The second kappa shape index (κ2) is 19.5. The average Bonchev–Trinajstić information content (AvgIpc) is 3.87. The van der Waals surface area contributed by atoms with Crippen LogP contribution in [0.4, 0.5) is 31.1 Å². The first kappa shape index (κ1) is 51.6. The molecule has 0 saturated carbocycles. The van der Waals surface area contributed by atoms with Gasteiger partial charge in [-0.05, 0) is 118 Å². The molecule has 22 heteroatoms. The maximum atomic E-state index is 14.3. The van der Waals surface area contributed by atoms with Crippen molar-refractivity contribution in [3.63, 3.8) is 0 Å². The lowest BCUT2D eigenvalue weighted by atomic mass is 9.86. The minimum absolute atomic E-state index is 0.0417. The zero-order chi connectivity index (χ0) is 50.4. The van der Waals surface area contributed by atoms with Gasteiger partial charge in [-0.15, -0.1) is 0 Å². The average molecular weight is 1040 g/mol. The topological polar surface area (TPSA) is 143 Å². The number of carbonyl (C=O) groups is 3. The van der Waals surface area contributed by atoms with Gasteiger partial charge in [-0.25, -0.2) is 4.79 Å². The summed E-state index contributed by atoms with van der Waals surface area (Å²) in [5, 5.41) is 16.5. The molecule has 4 aromatic carbocycles. The van der Waals surface area contributed by atoms with Crippen LogP contribution < -0.4 is 16.0 Å². The molecule has 2 atom stereocenters. The number of aryl methyl sites for hydroxylation is 2. The van der Waals surface area contributed by atoms with Gasteiger partial charge in [-0.2, -0.15) is 26.3 Å². The van der Waals surface area contributed by atoms with Crippen molar-refractivity contribution in [2.24, 2.45) is 10.3 Å². The van der Waals surface area contributed by atoms with Gasteiger partial charge in [0.25, 0.3) is 23.0 Å². The molecule has 4 aliphatic rings. The molecule has 0 unspecified atom stereocenters. The number of ether oxygens (including phenoxy) is 1. The Kier molecular flexibility index (Phi) is 14.6. The Balaban J connectivity index is 0.000000208. The van der Waals surface area contributed by atoms with E-state index >= 15 is 0 Å². The Hall–Kier alpha value is -5.27. The van der Waals surface area contributed by atoms with Crippen LogP contribution in [0.25, 0.3) is 0 Å². The Labute approximate surface area is 412 Å². The molecule has 8 rings (SSSR count). The molecule has 2 fully saturated rings. The van der Waals surface area contributed by atoms with Gasteiger partial charge in [0.1, 0.15) is 5.60 Å². The van der Waals surface area contributed by atoms with Crippen molar-refractivity contribution in [1.29, 1.82) is 0 Å². The highest BCUT2D eigenvalue weighted by Gasteiger charge is 2.63. The largest absolute Gasteiger partial charge is 0.444 e. The molecule has 4 aliphatic heterocycles. The maximum absolute atomic E-state index is 14.3. The zero-order valence-electron chi connectivity index (χ0n) is 37.4. The number of halogens is 10. The predicted molar refractivity (Wildman–Crippen MR) is 248 cm³/mol. The van der Waals surface area contributed by atoms with Crippen LogP contribution in [0, 0.1) is 13.8 Å². The number of alkyl halides is 6. The van der Waals surface area contributed by atoms with Crippen LogP contribution >= 0.6 is 46.4 Å². The number of benzene rings is 4. The fourth-order valence-corrected chi connectivity index (χ4v) is 8.90. The molecule has 3 N–H and O–H groups in total. The molecule has 0 aliphatic carbocycles. The molecule has 2 saturated heterocycles. The SMILES string of the molecule is Cc1cc(C2=NO[C@@](c3cc(Cl)cc(Cl)c3)(C(F)(F)F)C2)ccc1C(=O)NC1CN(C(=O)OC(C)(C)C)C1.Cc1cc(C2=NO[C@@](c3cc(Cl)cc(Cl)c3)(C(F)(F)F)C2)ccc1C(=O)NC1CNC1. The molecule has 0 aromatic heterocycles. The van der Waals surface area contributed by atoms with Gasteiger partial charge in [0, 0.05) is 81.4 Å². The maximum Gasteiger partial charge on any atom is 0.435 e. The monoisotopic (exact) mass is 1040 g/mol. The molecular weight excluding hydrogens is 1000 g/mol. The third-order valence-corrected chi connectivity index (χ3v) is 12.5. The second-order valence-corrected chi connectivity index (χ2v) is 19.8. The summed E-state index contributed by atoms with van der Waals surface area (Å²) in [7, 11) is 0. The van der Waals surface area contributed by atoms with Gasteiger partial charge in [0.15, 0.2) is 0 Å². The van der Waals surface area contributed by atoms with Crippen molar-refractivity contribution >= 4 is 75.7 Å². The summed E-state index contributed by atoms with van der Waals surface area (Å²) in [6.45, 7) is 10.8. The minimum Gasteiger partial charge on any atom is -0.444 e. The van der Waals surface area contributed by atoms with Crippen LogP contribution in [0.1, 0.15) is 87.7 Å². The van der Waals surface area contributed by atoms with Gasteiger partial charge >= 0.3 is 18.4 Å². The number of hydrogen-bond donors (Lipinski definition) is 3. The predicted octanol–water partition coefficient (Wildman–Crippen LogP) is 10.8. The summed E-state index contributed by atoms with van der Waals surface area (Å²) in [5.41, 5.74) is -3.53. The van der Waals surface area contributed by atoms with E-state index in [0.29, 0.717) is 59.6 Å². The summed E-state index contributed by atoms with van der Waals surface area (Å²) in [6, 6.07) is 16.6. The number of nitrogens with zero attached hydrogens (tertiary/aromatic N) is 3. The normalized spacial score (nSPS) is 20.5. The number of carbonyl (C=O) groups excluding carboxylic acids is 3. The number of amides is 3. The fraction of sp³-hybridized carbons (Fsp3) is 0.383. The number of likely N-dealkylation sites (tertiary alicyclic amines) is 1. The highest BCUT2D eigenvalue weighted by atomic mass is 35.5. The van der Waals surface area contributed by atoms with Gasteiger partial charge in [0.2, 0.25) is 0 Å². The van der Waals surface area contributed by atoms with E-state index in [2.05, 4.69) is 26.3 Å². The summed E-state index contributed by atoms with van der Waals surface area (Å²) in [6.07, 6.45) is -11.2. The van der Waals surface area contributed by atoms with Crippen LogP contribution in [-0.2, 0) is 25.6 Å². The molecule has 12 nitrogen and oxygen atoms in total. The molecule has 0 spiro atoms. The Bertz CT molecular complexity index is 2700. The highest BCUT2D eigenvalue weighted by Crippen LogP contribution is 2.51. The lowest BCUT2D eigenvalue weighted by Gasteiger charge is -2.40. The molecule has 4 heterocycles. The summed E-state index contributed by atoms with van der Waals surface area (Å²) in [4.78, 5) is 48.9. The van der Waals surface area contributed by atoms with Crippen molar-refractivity contribution in [3.8, 4) is 0 Å². The Morgan fingerprint density at radius 3 is 1.38 bits per heavy atom. The van der Waals surface area contributed by atoms with Crippen LogP contribution in [-0.4, -0.2) is 90.4 Å². The first-order valence-electron chi connectivity index (χ1n) is 21.3. The number of hydrogen-bond acceptors (Lipinski definition) is 9. The Morgan fingerprint density at radius 1 is 0.652 bits per heavy atom. The zero-order valence-corrected chi connectivity index (χ0v) is 40.4. The van der Waals surface area contributed by atoms with E-state index in [9.17, 15) is 40.7 Å². The molecule has 368 valence electrons. The fourth-order valence-electron chi connectivity index (χ4n) is 7.85. The first-order chi connectivity index (χ1) is 32.2. The molecule has 0 bridgehead atoms. The lowest BCUT2D eigenvalue weighted by Crippen LogP contribution is -2.61. The van der Waals surface area contributed by atoms with Gasteiger partial charge in [-0.1, -0.05) is 68.8 Å². The molecule has 69 heavy (non-hydrogen) atoms. The Morgan fingerprint density at radius 2 is 1.04 bits per heavy atom. The van der Waals surface area contributed by atoms with E-state index in [1.165, 1.54) is 41.3 Å². The number of nitrogens with one attached hydrogen (secondary N) is 3. The lowest BCUT2D eigenvalue weighted by molar-refractivity contribution is -0.276. The van der Waals surface area contributed by atoms with Crippen LogP contribution in [0.2, 0.25) is 20.1 Å². The minimum atomic E-state index is -4.81. The van der Waals surface area contributed by atoms with E-state index in [0.717, 1.165) is 12.1 Å². The summed E-state index contributed by atoms with van der Waals surface area (Å²) >= 11 is 23.8. The third kappa shape index (κ3) is 11.2. The van der Waals surface area contributed by atoms with E-state index < -0.39 is 48.1 Å². The van der Waals surface area contributed by atoms with Crippen LogP contribution in [0.15, 0.2) is 83.1 Å². The number of oxime groups is 2. The van der Waals surface area contributed by atoms with E-state index in [4.69, 9.17) is 60.8 Å². The van der Waals surface area contributed by atoms with Crippen molar-refractivity contribution in [1.82, 2.24) is 20.9 Å². The van der Waals surface area contributed by atoms with Gasteiger partial charge < -0.3 is 35.3 Å². The number of rotatable bonds is 8. The van der Waals surface area contributed by atoms with Gasteiger partial charge in [0.05, 0.1) is 23.5 Å². The molecule has 0 radical (unpaired) electrons. The third-order valence-electron chi connectivity index (χ3n) is 11.6. The van der Waals surface area contributed by atoms with Crippen LogP contribution in [0.3, 0.4) is 0 Å². The quantitative estimate of drug-likeness (QED) is 0.149. The van der Waals surface area contributed by atoms with Crippen LogP contribution in [0.5, 0.6) is 0 Å². The van der Waals surface area contributed by atoms with Crippen molar-refractivity contribution in [2.45, 2.75) is 88.7 Å². The van der Waals surface area contributed by atoms with E-state index in [1.54, 1.807) is 58.9 Å². The van der Waals surface area contributed by atoms with Crippen molar-refractivity contribution < 1.29 is 55.1 Å². The standard InChI is InChI=1S/C26H26Cl2F3N3O4.C21H18Cl2F3N3O2/c1-14-7-15(5-6-20(14)22(35)32-19-12-34(13-19)23(36)37-24(2,3)4)21-11-25(38-33-21,26(29,30)31)16-8-17(27)10-18(28)9-16;1-11-4-12(2-3-17(11)19(30)28-16-9-27-10-16)18-8-20(31-29-18,21(24,25)26)13-5-14(22)7-15(23)6-13/h5-10,19H,11-13H2,1-4H3,(H,32,35);2-7,16,27H,8-10H2,1H3,(H,28,30)/t25-;20-/m00/s1. The first-order valence-corrected chi connectivity index (χ1v) is 22.8. The van der Waals surface area contributed by atoms with Crippen molar-refractivity contribution in [3.05, 3.63) is 137 Å². The summed E-state index contributed by atoms with van der Waals surface area (Å²) < 4.78 is 90.4. The molecular formula is C47H44Cl4F6N6O6. The molecule has 4 aromatic rings. The second-order valence-electron chi connectivity index (χ2n) is 18.0. The van der Waals surface area contributed by atoms with Crippen molar-refractivity contribution in [2.75, 3.05) is 26.2 Å².